The van der Waals surface area contributed by atoms with Gasteiger partial charge in [0.15, 0.2) is 11.6 Å². The molecule has 0 spiro atoms. The molecule has 0 bridgehead atoms. The first-order valence-corrected chi connectivity index (χ1v) is 10.6. The van der Waals surface area contributed by atoms with Crippen LogP contribution in [-0.4, -0.2) is 48.4 Å². The topological polar surface area (TPSA) is 83.8 Å². The third-order valence-corrected chi connectivity index (χ3v) is 6.36. The highest BCUT2D eigenvalue weighted by molar-refractivity contribution is 5.97. The number of ether oxygens (including phenoxy) is 1. The van der Waals surface area contributed by atoms with E-state index in [-0.39, 0.29) is 17.0 Å². The average Bonchev–Trinajstić information content (AvgIpc) is 3.45. The lowest BCUT2D eigenvalue weighted by molar-refractivity contribution is 0.0694. The highest BCUT2D eigenvalue weighted by Gasteiger charge is 2.34. The Balaban J connectivity index is 1.94. The van der Waals surface area contributed by atoms with Crippen LogP contribution in [0.5, 0.6) is 5.75 Å². The maximum absolute atomic E-state index is 15.4. The van der Waals surface area contributed by atoms with Gasteiger partial charge < -0.3 is 24.6 Å². The van der Waals surface area contributed by atoms with Crippen LogP contribution < -0.4 is 20.4 Å². The van der Waals surface area contributed by atoms with Gasteiger partial charge in [0, 0.05) is 31.4 Å². The van der Waals surface area contributed by atoms with Gasteiger partial charge in [-0.05, 0) is 52.1 Å². The molecule has 7 nitrogen and oxygen atoms in total. The van der Waals surface area contributed by atoms with Crippen molar-refractivity contribution in [2.45, 2.75) is 45.2 Å². The number of nitrogens with one attached hydrogen (secondary N) is 1. The van der Waals surface area contributed by atoms with Crippen molar-refractivity contribution in [2.24, 2.45) is 5.92 Å². The van der Waals surface area contributed by atoms with Gasteiger partial charge in [-0.3, -0.25) is 4.79 Å². The van der Waals surface area contributed by atoms with Crippen LogP contribution >= 0.6 is 0 Å². The number of aromatic nitrogens is 1. The summed E-state index contributed by atoms with van der Waals surface area (Å²) < 4.78 is 23.1. The number of pyridine rings is 1. The van der Waals surface area contributed by atoms with Gasteiger partial charge in [-0.15, -0.1) is 0 Å². The molecule has 8 heteroatoms. The molecule has 162 valence electrons. The third-order valence-electron chi connectivity index (χ3n) is 6.36. The number of carboxylic acid groups (broad SMARTS) is 1. The first-order valence-electron chi connectivity index (χ1n) is 10.6. The monoisotopic (exact) mass is 417 g/mol. The van der Waals surface area contributed by atoms with Crippen molar-refractivity contribution in [3.63, 3.8) is 0 Å². The third kappa shape index (κ3) is 3.43. The fourth-order valence-corrected chi connectivity index (χ4v) is 4.45. The van der Waals surface area contributed by atoms with Crippen LogP contribution in [0.1, 0.15) is 49.5 Å². The minimum Gasteiger partial charge on any atom is -0.489 e. The van der Waals surface area contributed by atoms with Gasteiger partial charge in [0.2, 0.25) is 5.43 Å². The first kappa shape index (κ1) is 20.7. The second kappa shape index (κ2) is 7.91. The van der Waals surface area contributed by atoms with Crippen LogP contribution in [0.2, 0.25) is 0 Å². The van der Waals surface area contributed by atoms with Gasteiger partial charge >= 0.3 is 5.97 Å². The molecule has 1 aromatic heterocycles. The van der Waals surface area contributed by atoms with Crippen molar-refractivity contribution >= 4 is 22.6 Å². The molecule has 2 fully saturated rings. The van der Waals surface area contributed by atoms with Crippen molar-refractivity contribution in [1.29, 1.82) is 0 Å². The number of rotatable bonds is 7. The molecule has 2 N–H and O–H groups in total. The standard InChI is InChI=1S/C22H28FN3O4/c1-4-30-21-18-15(20(27)16(22(28)29)11-26(18)14-5-6-14)9-17(23)19(21)25-8-7-13(10-25)12(2)24-3/h9,11-14,24H,4-8,10H2,1-3H3,(H,28,29)/t12-,13+/m1/s1. The summed E-state index contributed by atoms with van der Waals surface area (Å²) in [6.45, 7) is 5.63. The van der Waals surface area contributed by atoms with E-state index in [0.717, 1.165) is 19.3 Å². The Labute approximate surface area is 174 Å². The van der Waals surface area contributed by atoms with E-state index in [0.29, 0.717) is 48.6 Å². The van der Waals surface area contributed by atoms with Crippen LogP contribution in [-0.2, 0) is 0 Å². The van der Waals surface area contributed by atoms with Crippen LogP contribution in [0.25, 0.3) is 10.9 Å². The largest absolute Gasteiger partial charge is 0.489 e. The molecule has 0 unspecified atom stereocenters. The zero-order valence-corrected chi connectivity index (χ0v) is 17.6. The van der Waals surface area contributed by atoms with Crippen LogP contribution in [0, 0.1) is 11.7 Å². The number of fused-ring (bicyclic) bond motifs is 1. The van der Waals surface area contributed by atoms with E-state index in [1.54, 1.807) is 4.57 Å². The van der Waals surface area contributed by atoms with Crippen molar-refractivity contribution in [3.8, 4) is 5.75 Å². The summed E-state index contributed by atoms with van der Waals surface area (Å²) in [5.74, 6) is -1.14. The molecule has 2 atom stereocenters. The Bertz CT molecular complexity index is 1050. The van der Waals surface area contributed by atoms with Crippen molar-refractivity contribution in [2.75, 3.05) is 31.6 Å². The molecule has 1 saturated heterocycles. The number of aromatic carboxylic acids is 1. The Morgan fingerprint density at radius 2 is 2.13 bits per heavy atom. The van der Waals surface area contributed by atoms with E-state index in [4.69, 9.17) is 4.74 Å². The van der Waals surface area contributed by atoms with Gasteiger partial charge in [-0.25, -0.2) is 9.18 Å². The van der Waals surface area contributed by atoms with Gasteiger partial charge in [0.1, 0.15) is 11.3 Å². The van der Waals surface area contributed by atoms with Gasteiger partial charge in [0.25, 0.3) is 0 Å². The molecule has 1 aromatic carbocycles. The molecule has 0 radical (unpaired) electrons. The average molecular weight is 417 g/mol. The first-order chi connectivity index (χ1) is 14.4. The second-order valence-corrected chi connectivity index (χ2v) is 8.25. The van der Waals surface area contributed by atoms with Crippen LogP contribution in [0.15, 0.2) is 17.1 Å². The molecule has 1 saturated carbocycles. The summed E-state index contributed by atoms with van der Waals surface area (Å²) >= 11 is 0. The lowest BCUT2D eigenvalue weighted by Gasteiger charge is -2.26. The zero-order chi connectivity index (χ0) is 21.6. The fraction of sp³-hybridized carbons (Fsp3) is 0.545. The summed E-state index contributed by atoms with van der Waals surface area (Å²) in [5, 5.41) is 12.8. The number of halogens is 1. The Hall–Kier alpha value is -2.61. The number of benzene rings is 1. The van der Waals surface area contributed by atoms with E-state index >= 15 is 4.39 Å². The van der Waals surface area contributed by atoms with E-state index in [1.807, 2.05) is 18.9 Å². The van der Waals surface area contributed by atoms with Crippen molar-refractivity contribution < 1.29 is 19.0 Å². The SMILES string of the molecule is CCOc1c(N2CC[C@H]([C@@H](C)NC)C2)c(F)cc2c(=O)c(C(=O)O)cn(C3CC3)c12. The predicted molar refractivity (Wildman–Crippen MR) is 113 cm³/mol. The minimum atomic E-state index is -1.30. The summed E-state index contributed by atoms with van der Waals surface area (Å²) in [7, 11) is 1.92. The molecule has 1 aliphatic carbocycles. The smallest absolute Gasteiger partial charge is 0.341 e. The Kier molecular flexibility index (Phi) is 5.44. The number of carboxylic acids is 1. The van der Waals surface area contributed by atoms with Crippen LogP contribution in [0.4, 0.5) is 10.1 Å². The quantitative estimate of drug-likeness (QED) is 0.721. The van der Waals surface area contributed by atoms with Crippen molar-refractivity contribution in [1.82, 2.24) is 9.88 Å². The summed E-state index contributed by atoms with van der Waals surface area (Å²) in [6, 6.07) is 1.59. The minimum absolute atomic E-state index is 0.0610. The molecular weight excluding hydrogens is 389 g/mol. The van der Waals surface area contributed by atoms with E-state index < -0.39 is 17.2 Å². The van der Waals surface area contributed by atoms with Crippen LogP contribution in [0.3, 0.4) is 0 Å². The van der Waals surface area contributed by atoms with E-state index in [2.05, 4.69) is 12.2 Å². The number of anilines is 1. The number of carbonyl (C=O) groups is 1. The summed E-state index contributed by atoms with van der Waals surface area (Å²) in [6.07, 6.45) is 4.10. The molecule has 2 aromatic rings. The predicted octanol–water partition coefficient (Wildman–Crippen LogP) is 3.01. The van der Waals surface area contributed by atoms with Gasteiger partial charge in [-0.2, -0.15) is 0 Å². The number of hydrogen-bond donors (Lipinski definition) is 2. The van der Waals surface area contributed by atoms with E-state index in [1.165, 1.54) is 12.3 Å². The molecular formula is C22H28FN3O4. The zero-order valence-electron chi connectivity index (χ0n) is 17.6. The summed E-state index contributed by atoms with van der Waals surface area (Å²) in [5.41, 5.74) is -0.153. The normalized spacial score (nSPS) is 20.0. The maximum atomic E-state index is 15.4. The summed E-state index contributed by atoms with van der Waals surface area (Å²) in [4.78, 5) is 26.4. The van der Waals surface area contributed by atoms with E-state index in [9.17, 15) is 14.7 Å². The maximum Gasteiger partial charge on any atom is 0.341 e. The molecule has 30 heavy (non-hydrogen) atoms. The van der Waals surface area contributed by atoms with Gasteiger partial charge in [0.05, 0.1) is 17.5 Å². The lowest BCUT2D eigenvalue weighted by Crippen LogP contribution is -2.33. The lowest BCUT2D eigenvalue weighted by atomic mass is 10.0. The highest BCUT2D eigenvalue weighted by Crippen LogP contribution is 2.44. The molecule has 1 aliphatic heterocycles. The highest BCUT2D eigenvalue weighted by atomic mass is 19.1. The molecule has 4 rings (SSSR count). The Morgan fingerprint density at radius 3 is 2.73 bits per heavy atom. The number of hydrogen-bond acceptors (Lipinski definition) is 5. The second-order valence-electron chi connectivity index (χ2n) is 8.25. The Morgan fingerprint density at radius 1 is 1.40 bits per heavy atom. The van der Waals surface area contributed by atoms with Gasteiger partial charge in [-0.1, -0.05) is 0 Å². The molecule has 2 aliphatic rings. The molecule has 0 amide bonds. The molecule has 2 heterocycles. The van der Waals surface area contributed by atoms with Crippen molar-refractivity contribution in [3.05, 3.63) is 33.9 Å². The number of nitrogens with zero attached hydrogens (tertiary/aromatic N) is 2. The fourth-order valence-electron chi connectivity index (χ4n) is 4.45.